The van der Waals surface area contributed by atoms with E-state index in [1.807, 2.05) is 30.5 Å². The highest BCUT2D eigenvalue weighted by Crippen LogP contribution is 2.07. The highest BCUT2D eigenvalue weighted by molar-refractivity contribution is 5.90. The summed E-state index contributed by atoms with van der Waals surface area (Å²) in [5, 5.41) is 32.4. The topological polar surface area (TPSA) is 162 Å². The van der Waals surface area contributed by atoms with E-state index in [0.29, 0.717) is 24.3 Å². The first kappa shape index (κ1) is 22.0. The van der Waals surface area contributed by atoms with Crippen LogP contribution in [0.5, 0.6) is 0 Å². The maximum Gasteiger partial charge on any atom is 0.328 e. The highest BCUT2D eigenvalue weighted by atomic mass is 16.4. The lowest BCUT2D eigenvalue weighted by Gasteiger charge is -1.91. The number of fused-ring (bicyclic) bond motifs is 1. The number of benzene rings is 1. The number of hydrogen-bond acceptors (Lipinski definition) is 5. The summed E-state index contributed by atoms with van der Waals surface area (Å²) >= 11 is 0. The maximum atomic E-state index is 9.55. The molecule has 0 atom stereocenters. The van der Waals surface area contributed by atoms with Gasteiger partial charge in [-0.3, -0.25) is 4.98 Å². The Balaban J connectivity index is 0.000000366. The first-order valence-electron chi connectivity index (χ1n) is 6.80. The van der Waals surface area contributed by atoms with E-state index in [9.17, 15) is 19.2 Å². The minimum atomic E-state index is -1.26. The molecule has 9 nitrogen and oxygen atoms in total. The molecule has 0 amide bonds. The predicted octanol–water partition coefficient (Wildman–Crippen LogP) is 1.66. The molecule has 2 rings (SSSR count). The molecule has 0 saturated heterocycles. The number of nitrogens with zero attached hydrogens (tertiary/aromatic N) is 1. The third-order valence-corrected chi connectivity index (χ3v) is 2.25. The standard InChI is InChI=1S/C9H7N.2C4H4O4/c1-2-6-9-8(4-1)5-3-7-10-9;2*5-3(6)1-2-4(7)8/h1-7H;2*1-2H,(H,5,6)(H,7,8)/b;2*2-1+. The lowest BCUT2D eigenvalue weighted by Crippen LogP contribution is -1.91. The molecule has 0 spiro atoms. The van der Waals surface area contributed by atoms with Crippen molar-refractivity contribution in [2.75, 3.05) is 0 Å². The fraction of sp³-hybridized carbons (Fsp3) is 0. The molecule has 9 heteroatoms. The fourth-order valence-electron chi connectivity index (χ4n) is 1.30. The van der Waals surface area contributed by atoms with Gasteiger partial charge >= 0.3 is 23.9 Å². The molecule has 0 radical (unpaired) electrons. The van der Waals surface area contributed by atoms with Gasteiger partial charge in [-0.15, -0.1) is 0 Å². The summed E-state index contributed by atoms with van der Waals surface area (Å²) in [4.78, 5) is 42.4. The van der Waals surface area contributed by atoms with Crippen molar-refractivity contribution in [3.63, 3.8) is 0 Å². The molecule has 2 aromatic rings. The first-order valence-corrected chi connectivity index (χ1v) is 6.80. The summed E-state index contributed by atoms with van der Waals surface area (Å²) in [5.41, 5.74) is 1.06. The molecule has 0 aliphatic rings. The summed E-state index contributed by atoms with van der Waals surface area (Å²) in [6.07, 6.45) is 4.04. The normalized spacial score (nSPS) is 9.69. The Hall–Kier alpha value is -4.01. The largest absolute Gasteiger partial charge is 0.478 e. The fourth-order valence-corrected chi connectivity index (χ4v) is 1.30. The average molecular weight is 361 g/mol. The van der Waals surface area contributed by atoms with Crippen LogP contribution >= 0.6 is 0 Å². The van der Waals surface area contributed by atoms with Gasteiger partial charge in [0, 0.05) is 35.9 Å². The molecule has 1 heterocycles. The van der Waals surface area contributed by atoms with E-state index < -0.39 is 23.9 Å². The van der Waals surface area contributed by atoms with Gasteiger partial charge < -0.3 is 20.4 Å². The summed E-state index contributed by atoms with van der Waals surface area (Å²) in [7, 11) is 0. The van der Waals surface area contributed by atoms with Gasteiger partial charge in [-0.25, -0.2) is 19.2 Å². The zero-order valence-corrected chi connectivity index (χ0v) is 13.2. The van der Waals surface area contributed by atoms with Gasteiger partial charge in [0.2, 0.25) is 0 Å². The highest BCUT2D eigenvalue weighted by Gasteiger charge is 1.89. The van der Waals surface area contributed by atoms with Crippen LogP contribution in [0.1, 0.15) is 0 Å². The summed E-state index contributed by atoms with van der Waals surface area (Å²) in [5.74, 6) is -5.03. The van der Waals surface area contributed by atoms with Crippen LogP contribution in [-0.2, 0) is 19.2 Å². The number of carboxylic acid groups (broad SMARTS) is 4. The summed E-state index contributed by atoms with van der Waals surface area (Å²) < 4.78 is 0. The van der Waals surface area contributed by atoms with E-state index in [1.54, 1.807) is 0 Å². The Bertz CT molecular complexity index is 695. The third kappa shape index (κ3) is 12.5. The van der Waals surface area contributed by atoms with E-state index in [0.717, 1.165) is 5.52 Å². The molecule has 0 bridgehead atoms. The molecule has 26 heavy (non-hydrogen) atoms. The number of hydrogen-bond donors (Lipinski definition) is 4. The van der Waals surface area contributed by atoms with Crippen LogP contribution in [0.2, 0.25) is 0 Å². The van der Waals surface area contributed by atoms with Crippen molar-refractivity contribution in [1.82, 2.24) is 4.98 Å². The minimum Gasteiger partial charge on any atom is -0.478 e. The molecular formula is C17H15NO8. The van der Waals surface area contributed by atoms with Crippen molar-refractivity contribution in [2.45, 2.75) is 0 Å². The molecule has 0 saturated carbocycles. The minimum absolute atomic E-state index is 0.558. The lowest BCUT2D eigenvalue weighted by molar-refractivity contribution is -0.134. The van der Waals surface area contributed by atoms with Crippen LogP contribution in [-0.4, -0.2) is 49.3 Å². The van der Waals surface area contributed by atoms with E-state index in [2.05, 4.69) is 17.1 Å². The Morgan fingerprint density at radius 1 is 0.654 bits per heavy atom. The average Bonchev–Trinajstić information content (AvgIpc) is 2.59. The number of rotatable bonds is 4. The molecular weight excluding hydrogens is 346 g/mol. The van der Waals surface area contributed by atoms with Gasteiger partial charge in [0.05, 0.1) is 5.52 Å². The number of para-hydroxylation sites is 1. The van der Waals surface area contributed by atoms with Gasteiger partial charge in [0.25, 0.3) is 0 Å². The van der Waals surface area contributed by atoms with E-state index >= 15 is 0 Å². The molecule has 136 valence electrons. The quantitative estimate of drug-likeness (QED) is 0.593. The van der Waals surface area contributed by atoms with Crippen LogP contribution in [0, 0.1) is 0 Å². The summed E-state index contributed by atoms with van der Waals surface area (Å²) in [6.45, 7) is 0. The predicted molar refractivity (Wildman–Crippen MR) is 90.6 cm³/mol. The van der Waals surface area contributed by atoms with Crippen LogP contribution in [0.25, 0.3) is 10.9 Å². The second kappa shape index (κ2) is 12.4. The smallest absolute Gasteiger partial charge is 0.328 e. The SMILES string of the molecule is O=C(O)/C=C/C(=O)O.O=C(O)/C=C/C(=O)O.c1ccc2ncccc2c1. The molecule has 0 unspecified atom stereocenters. The monoisotopic (exact) mass is 361 g/mol. The maximum absolute atomic E-state index is 9.55. The van der Waals surface area contributed by atoms with Crippen molar-refractivity contribution in [2.24, 2.45) is 0 Å². The Kier molecular flexibility index (Phi) is 10.5. The van der Waals surface area contributed by atoms with E-state index in [4.69, 9.17) is 20.4 Å². The number of aliphatic carboxylic acids is 4. The third-order valence-electron chi connectivity index (χ3n) is 2.25. The van der Waals surface area contributed by atoms with Crippen LogP contribution in [0.3, 0.4) is 0 Å². The van der Waals surface area contributed by atoms with Gasteiger partial charge in [0.15, 0.2) is 0 Å². The van der Waals surface area contributed by atoms with Crippen molar-refractivity contribution < 1.29 is 39.6 Å². The van der Waals surface area contributed by atoms with E-state index in [-0.39, 0.29) is 0 Å². The molecule has 1 aromatic heterocycles. The zero-order chi connectivity index (χ0) is 19.9. The van der Waals surface area contributed by atoms with Gasteiger partial charge in [-0.05, 0) is 12.1 Å². The number of aromatic nitrogens is 1. The Labute approximate surface area is 147 Å². The second-order valence-corrected chi connectivity index (χ2v) is 4.22. The van der Waals surface area contributed by atoms with Crippen LogP contribution in [0.4, 0.5) is 0 Å². The molecule has 1 aromatic carbocycles. The first-order chi connectivity index (χ1) is 12.2. The van der Waals surface area contributed by atoms with Crippen LogP contribution in [0.15, 0.2) is 66.9 Å². The Morgan fingerprint density at radius 2 is 1.04 bits per heavy atom. The lowest BCUT2D eigenvalue weighted by atomic mass is 10.2. The van der Waals surface area contributed by atoms with Crippen molar-refractivity contribution in [3.05, 3.63) is 66.9 Å². The van der Waals surface area contributed by atoms with Gasteiger partial charge in [-0.2, -0.15) is 0 Å². The second-order valence-electron chi connectivity index (χ2n) is 4.22. The van der Waals surface area contributed by atoms with Gasteiger partial charge in [0.1, 0.15) is 0 Å². The number of pyridine rings is 1. The zero-order valence-electron chi connectivity index (χ0n) is 13.2. The number of carbonyl (C=O) groups is 4. The number of carboxylic acids is 4. The molecule has 0 aliphatic carbocycles. The van der Waals surface area contributed by atoms with Crippen molar-refractivity contribution in [3.8, 4) is 0 Å². The molecule has 0 fully saturated rings. The summed E-state index contributed by atoms with van der Waals surface area (Å²) in [6, 6.07) is 12.1. The van der Waals surface area contributed by atoms with Crippen LogP contribution < -0.4 is 0 Å². The van der Waals surface area contributed by atoms with E-state index in [1.165, 1.54) is 5.39 Å². The van der Waals surface area contributed by atoms with Crippen molar-refractivity contribution >= 4 is 34.8 Å². The molecule has 0 aliphatic heterocycles. The van der Waals surface area contributed by atoms with Gasteiger partial charge in [-0.1, -0.05) is 24.3 Å². The Morgan fingerprint density at radius 3 is 1.42 bits per heavy atom. The van der Waals surface area contributed by atoms with Crippen molar-refractivity contribution in [1.29, 1.82) is 0 Å². The molecule has 4 N–H and O–H groups in total.